The Morgan fingerprint density at radius 2 is 2.12 bits per heavy atom. The molecule has 0 atom stereocenters. The van der Waals surface area contributed by atoms with Gasteiger partial charge in [-0.1, -0.05) is 0 Å². The van der Waals surface area contributed by atoms with E-state index in [9.17, 15) is 4.79 Å². The first kappa shape index (κ1) is 16.4. The van der Waals surface area contributed by atoms with Gasteiger partial charge in [0.2, 0.25) is 5.91 Å². The number of tetrazole rings is 1. The molecule has 0 saturated heterocycles. The number of carbonyl (C=O) groups excluding carboxylic acids is 1. The number of anilines is 1. The molecule has 8 nitrogen and oxygen atoms in total. The second-order valence-electron chi connectivity index (χ2n) is 5.30. The first-order chi connectivity index (χ1) is 12.1. The molecule has 3 rings (SSSR count). The summed E-state index contributed by atoms with van der Waals surface area (Å²) in [5.74, 6) is 2.33. The zero-order valence-corrected chi connectivity index (χ0v) is 14.1. The third-order valence-corrected chi connectivity index (χ3v) is 3.46. The molecule has 1 amide bonds. The van der Waals surface area contributed by atoms with Crippen LogP contribution >= 0.6 is 0 Å². The molecule has 0 unspecified atom stereocenters. The van der Waals surface area contributed by atoms with Crippen LogP contribution in [0.4, 0.5) is 5.69 Å². The quantitative estimate of drug-likeness (QED) is 0.718. The van der Waals surface area contributed by atoms with Crippen LogP contribution < -0.4 is 10.1 Å². The van der Waals surface area contributed by atoms with E-state index in [-0.39, 0.29) is 5.91 Å². The Balaban J connectivity index is 1.80. The number of nitrogens with zero attached hydrogens (tertiary/aromatic N) is 4. The highest BCUT2D eigenvalue weighted by molar-refractivity contribution is 6.02. The number of furan rings is 1. The highest BCUT2D eigenvalue weighted by Gasteiger charge is 2.11. The predicted octanol–water partition coefficient (Wildman–Crippen LogP) is 2.53. The molecule has 0 aliphatic rings. The average Bonchev–Trinajstić information content (AvgIpc) is 3.21. The van der Waals surface area contributed by atoms with Crippen molar-refractivity contribution in [2.24, 2.45) is 0 Å². The monoisotopic (exact) mass is 339 g/mol. The van der Waals surface area contributed by atoms with Crippen molar-refractivity contribution in [1.29, 1.82) is 0 Å². The van der Waals surface area contributed by atoms with Gasteiger partial charge in [0.1, 0.15) is 23.0 Å². The van der Waals surface area contributed by atoms with Gasteiger partial charge in [0.25, 0.3) is 0 Å². The second-order valence-corrected chi connectivity index (χ2v) is 5.30. The van der Waals surface area contributed by atoms with Crippen LogP contribution in [0.2, 0.25) is 0 Å². The molecule has 8 heteroatoms. The summed E-state index contributed by atoms with van der Waals surface area (Å²) in [5, 5.41) is 14.2. The number of ether oxygens (including phenoxy) is 1. The van der Waals surface area contributed by atoms with Crippen LogP contribution in [0.25, 0.3) is 11.8 Å². The van der Waals surface area contributed by atoms with Gasteiger partial charge in [-0.15, -0.1) is 5.10 Å². The molecule has 3 aromatic rings. The highest BCUT2D eigenvalue weighted by atomic mass is 16.5. The topological polar surface area (TPSA) is 95.1 Å². The lowest BCUT2D eigenvalue weighted by atomic mass is 10.2. The fourth-order valence-electron chi connectivity index (χ4n) is 2.27. The maximum absolute atomic E-state index is 12.1. The number of aromatic nitrogens is 4. The van der Waals surface area contributed by atoms with Crippen molar-refractivity contribution in [3.05, 3.63) is 53.8 Å². The lowest BCUT2D eigenvalue weighted by Crippen LogP contribution is -2.09. The molecule has 1 N–H and O–H groups in total. The Labute approximate surface area is 144 Å². The zero-order valence-electron chi connectivity index (χ0n) is 14.1. The molecule has 2 heterocycles. The van der Waals surface area contributed by atoms with Crippen molar-refractivity contribution in [1.82, 2.24) is 20.2 Å². The van der Waals surface area contributed by atoms with Crippen molar-refractivity contribution in [2.45, 2.75) is 13.8 Å². The molecule has 0 bridgehead atoms. The fraction of sp³-hybridized carbons (Fsp3) is 0.176. The minimum Gasteiger partial charge on any atom is -0.494 e. The van der Waals surface area contributed by atoms with Crippen molar-refractivity contribution in [2.75, 3.05) is 12.4 Å². The summed E-state index contributed by atoms with van der Waals surface area (Å²) in [5.41, 5.74) is 1.23. The number of rotatable bonds is 5. The molecule has 1 aromatic carbocycles. The number of methoxy groups -OCH3 is 1. The lowest BCUT2D eigenvalue weighted by Gasteiger charge is -2.11. The van der Waals surface area contributed by atoms with Gasteiger partial charge in [-0.2, -0.15) is 4.68 Å². The summed E-state index contributed by atoms with van der Waals surface area (Å²) in [6, 6.07) is 8.86. The average molecular weight is 339 g/mol. The van der Waals surface area contributed by atoms with E-state index in [0.717, 1.165) is 5.76 Å². The van der Waals surface area contributed by atoms with Gasteiger partial charge >= 0.3 is 0 Å². The van der Waals surface area contributed by atoms with Crippen LogP contribution in [0.1, 0.15) is 17.3 Å². The smallest absolute Gasteiger partial charge is 0.248 e. The van der Waals surface area contributed by atoms with Gasteiger partial charge in [-0.05, 0) is 60.7 Å². The molecule has 0 aliphatic heterocycles. The number of carbonyl (C=O) groups is 1. The van der Waals surface area contributed by atoms with Crippen molar-refractivity contribution in [3.8, 4) is 11.4 Å². The fourth-order valence-corrected chi connectivity index (χ4v) is 2.27. The Morgan fingerprint density at radius 1 is 1.28 bits per heavy atom. The van der Waals surface area contributed by atoms with E-state index in [1.54, 1.807) is 44.4 Å². The van der Waals surface area contributed by atoms with Crippen LogP contribution in [-0.4, -0.2) is 33.2 Å². The normalized spacial score (nSPS) is 11.0. The van der Waals surface area contributed by atoms with E-state index in [4.69, 9.17) is 9.15 Å². The maximum Gasteiger partial charge on any atom is 0.248 e. The summed E-state index contributed by atoms with van der Waals surface area (Å²) in [6.07, 6.45) is 3.02. The van der Waals surface area contributed by atoms with Gasteiger partial charge < -0.3 is 14.5 Å². The molecule has 128 valence electrons. The Bertz CT molecular complexity index is 926. The molecule has 0 spiro atoms. The van der Waals surface area contributed by atoms with Crippen molar-refractivity contribution in [3.63, 3.8) is 0 Å². The standard InChI is InChI=1S/C17H17N5O3/c1-11-4-6-14(25-11)7-9-17(23)18-13-5-8-16(24-3)15(10-13)22-12(2)19-20-21-22/h4-10H,1-3H3,(H,18,23)/b9-7-. The van der Waals surface area contributed by atoms with Gasteiger partial charge in [0.15, 0.2) is 5.82 Å². The van der Waals surface area contributed by atoms with Crippen LogP contribution in [-0.2, 0) is 4.79 Å². The van der Waals surface area contributed by atoms with Crippen LogP contribution in [0.3, 0.4) is 0 Å². The largest absolute Gasteiger partial charge is 0.494 e. The molecular weight excluding hydrogens is 322 g/mol. The van der Waals surface area contributed by atoms with E-state index in [2.05, 4.69) is 20.8 Å². The molecular formula is C17H17N5O3. The number of aryl methyl sites for hydroxylation is 2. The molecule has 0 aliphatic carbocycles. The first-order valence-corrected chi connectivity index (χ1v) is 7.55. The van der Waals surface area contributed by atoms with E-state index in [0.29, 0.717) is 28.7 Å². The SMILES string of the molecule is COc1ccc(NC(=O)/C=C\c2ccc(C)o2)cc1-n1nnnc1C. The number of hydrogen-bond acceptors (Lipinski definition) is 6. The van der Waals surface area contributed by atoms with Crippen molar-refractivity contribution < 1.29 is 13.9 Å². The van der Waals surface area contributed by atoms with E-state index < -0.39 is 0 Å². The molecule has 0 saturated carbocycles. The Hall–Kier alpha value is -3.42. The summed E-state index contributed by atoms with van der Waals surface area (Å²) in [7, 11) is 1.56. The maximum atomic E-state index is 12.1. The first-order valence-electron chi connectivity index (χ1n) is 7.55. The summed E-state index contributed by atoms with van der Waals surface area (Å²) >= 11 is 0. The zero-order chi connectivity index (χ0) is 17.8. The summed E-state index contributed by atoms with van der Waals surface area (Å²) < 4.78 is 12.3. The lowest BCUT2D eigenvalue weighted by molar-refractivity contribution is -0.111. The summed E-state index contributed by atoms with van der Waals surface area (Å²) in [6.45, 7) is 3.62. The number of amides is 1. The molecule has 0 fully saturated rings. The molecule has 25 heavy (non-hydrogen) atoms. The molecule has 2 aromatic heterocycles. The Kier molecular flexibility index (Phi) is 4.60. The number of hydrogen-bond donors (Lipinski definition) is 1. The van der Waals surface area contributed by atoms with Gasteiger partial charge in [0.05, 0.1) is 7.11 Å². The van der Waals surface area contributed by atoms with Crippen LogP contribution in [0.5, 0.6) is 5.75 Å². The van der Waals surface area contributed by atoms with Crippen LogP contribution in [0.15, 0.2) is 40.8 Å². The van der Waals surface area contributed by atoms with E-state index in [1.165, 1.54) is 10.8 Å². The minimum atomic E-state index is -0.279. The minimum absolute atomic E-state index is 0.279. The highest BCUT2D eigenvalue weighted by Crippen LogP contribution is 2.26. The third kappa shape index (κ3) is 3.74. The number of benzene rings is 1. The van der Waals surface area contributed by atoms with E-state index >= 15 is 0 Å². The van der Waals surface area contributed by atoms with Gasteiger partial charge in [-0.25, -0.2) is 0 Å². The Morgan fingerprint density at radius 3 is 2.76 bits per heavy atom. The van der Waals surface area contributed by atoms with Crippen molar-refractivity contribution >= 4 is 17.7 Å². The predicted molar refractivity (Wildman–Crippen MR) is 91.6 cm³/mol. The van der Waals surface area contributed by atoms with Gasteiger partial charge in [-0.3, -0.25) is 4.79 Å². The van der Waals surface area contributed by atoms with E-state index in [1.807, 2.05) is 13.0 Å². The summed E-state index contributed by atoms with van der Waals surface area (Å²) in [4.78, 5) is 12.1. The molecule has 0 radical (unpaired) electrons. The number of nitrogens with one attached hydrogen (secondary N) is 1. The second kappa shape index (κ2) is 7.00. The van der Waals surface area contributed by atoms with Crippen LogP contribution in [0, 0.1) is 13.8 Å². The van der Waals surface area contributed by atoms with Gasteiger partial charge in [0, 0.05) is 11.8 Å². The third-order valence-electron chi connectivity index (χ3n) is 3.46.